The Morgan fingerprint density at radius 2 is 1.61 bits per heavy atom. The number of halogens is 1. The lowest BCUT2D eigenvalue weighted by molar-refractivity contribution is -0.106. The molecule has 38 heavy (non-hydrogen) atoms. The van der Waals surface area contributed by atoms with Gasteiger partial charge < -0.3 is 20.2 Å². The molecule has 3 aliphatic rings. The molecule has 1 fully saturated rings. The average Bonchev–Trinajstić information content (AvgIpc) is 3.65. The molecule has 5 heterocycles. The molecule has 0 spiro atoms. The minimum Gasteiger partial charge on any atom is -0.372 e. The Labute approximate surface area is 235 Å². The second kappa shape index (κ2) is 9.39. The van der Waals surface area contributed by atoms with E-state index < -0.39 is 0 Å². The van der Waals surface area contributed by atoms with Crippen LogP contribution in [0.25, 0.3) is 43.6 Å². The molecule has 8 nitrogen and oxygen atoms in total. The van der Waals surface area contributed by atoms with E-state index >= 15 is 0 Å². The number of nitrogens with two attached hydrogens (primary N) is 1. The van der Waals surface area contributed by atoms with Gasteiger partial charge in [0.2, 0.25) is 6.41 Å². The van der Waals surface area contributed by atoms with Crippen LogP contribution in [0.15, 0.2) is 42.5 Å². The van der Waals surface area contributed by atoms with E-state index in [1.165, 1.54) is 37.0 Å². The van der Waals surface area contributed by atoms with Crippen LogP contribution >= 0.6 is 24.0 Å². The molecule has 3 aromatic carbocycles. The highest BCUT2D eigenvalue weighted by molar-refractivity contribution is 14.0. The Bertz CT molecular complexity index is 1780. The highest BCUT2D eigenvalue weighted by atomic mass is 127. The Morgan fingerprint density at radius 1 is 0.921 bits per heavy atom. The smallest absolute Gasteiger partial charge is 0.259 e. The molecule has 1 unspecified atom stereocenters. The lowest BCUT2D eigenvalue weighted by Gasteiger charge is -2.29. The molecule has 194 valence electrons. The fraction of sp³-hybridized carbons (Fsp3) is 0.276. The van der Waals surface area contributed by atoms with Crippen LogP contribution in [0.2, 0.25) is 0 Å². The Kier molecular flexibility index (Phi) is 6.14. The fourth-order valence-electron chi connectivity index (χ4n) is 6.94. The van der Waals surface area contributed by atoms with Crippen molar-refractivity contribution in [3.63, 3.8) is 0 Å². The maximum absolute atomic E-state index is 13.2. The number of fused-ring (bicyclic) bond motifs is 10. The number of amides is 3. The molecule has 3 aliphatic heterocycles. The highest BCUT2D eigenvalue weighted by Gasteiger charge is 2.37. The maximum Gasteiger partial charge on any atom is 0.259 e. The molecule has 2 aromatic heterocycles. The van der Waals surface area contributed by atoms with Crippen molar-refractivity contribution in [2.45, 2.75) is 25.8 Å². The number of carbonyl (C=O) groups excluding carboxylic acids is 3. The standard InChI is InChI=1S/C28H24N4O2.CH3NO.HI/c33-27-22-20-17-7-1-2-9-19(17)29-24(20)26-21(23(22)28(34)30-27)18-8-5-6-16-12-15(14-32(26)25(16)18)13-31-10-3-4-11-31;2-1-3;/h1-2,5-9,15,29H,3-4,10-14H2,(H,30,33,34);1H,(H2,2,3);1H. The van der Waals surface area contributed by atoms with Gasteiger partial charge in [-0.15, -0.1) is 24.0 Å². The zero-order valence-corrected chi connectivity index (χ0v) is 23.1. The molecule has 0 radical (unpaired) electrons. The molecule has 0 saturated carbocycles. The van der Waals surface area contributed by atoms with Crippen LogP contribution in [0.1, 0.15) is 39.1 Å². The second-order valence-corrected chi connectivity index (χ2v) is 10.3. The van der Waals surface area contributed by atoms with Gasteiger partial charge in [-0.05, 0) is 49.9 Å². The molecule has 0 bridgehead atoms. The zero-order chi connectivity index (χ0) is 25.3. The van der Waals surface area contributed by atoms with Crippen LogP contribution in [0.4, 0.5) is 0 Å². The first kappa shape index (κ1) is 24.9. The van der Waals surface area contributed by atoms with Gasteiger partial charge in [0, 0.05) is 40.2 Å². The van der Waals surface area contributed by atoms with Gasteiger partial charge in [-0.25, -0.2) is 0 Å². The lowest BCUT2D eigenvalue weighted by Crippen LogP contribution is -2.32. The monoisotopic (exact) mass is 621 g/mol. The van der Waals surface area contributed by atoms with Gasteiger partial charge >= 0.3 is 0 Å². The van der Waals surface area contributed by atoms with Crippen molar-refractivity contribution in [1.29, 1.82) is 0 Å². The quantitative estimate of drug-likeness (QED) is 0.155. The van der Waals surface area contributed by atoms with E-state index in [1.54, 1.807) is 0 Å². The van der Waals surface area contributed by atoms with Crippen LogP contribution in [0.3, 0.4) is 0 Å². The molecule has 0 aliphatic carbocycles. The van der Waals surface area contributed by atoms with Crippen molar-refractivity contribution in [2.75, 3.05) is 19.6 Å². The van der Waals surface area contributed by atoms with Crippen LogP contribution in [-0.4, -0.2) is 52.3 Å². The number of aromatic nitrogens is 2. The summed E-state index contributed by atoms with van der Waals surface area (Å²) in [5, 5.41) is 6.44. The number of H-pyrrole nitrogens is 1. The van der Waals surface area contributed by atoms with E-state index in [0.717, 1.165) is 57.6 Å². The van der Waals surface area contributed by atoms with E-state index in [-0.39, 0.29) is 42.2 Å². The van der Waals surface area contributed by atoms with Crippen LogP contribution in [0.5, 0.6) is 0 Å². The minimum atomic E-state index is -0.296. The molecule has 8 rings (SSSR count). The fourth-order valence-corrected chi connectivity index (χ4v) is 6.94. The van der Waals surface area contributed by atoms with E-state index in [0.29, 0.717) is 17.0 Å². The third-order valence-electron chi connectivity index (χ3n) is 8.20. The van der Waals surface area contributed by atoms with E-state index in [4.69, 9.17) is 4.79 Å². The number of primary amides is 1. The molecular weight excluding hydrogens is 593 g/mol. The van der Waals surface area contributed by atoms with Crippen molar-refractivity contribution in [2.24, 2.45) is 11.7 Å². The minimum absolute atomic E-state index is 0. The van der Waals surface area contributed by atoms with E-state index in [1.807, 2.05) is 24.3 Å². The summed E-state index contributed by atoms with van der Waals surface area (Å²) in [6.45, 7) is 4.42. The number of hydrogen-bond donors (Lipinski definition) is 3. The molecular formula is C29H28IN5O3. The van der Waals surface area contributed by atoms with Crippen molar-refractivity contribution in [3.05, 3.63) is 59.2 Å². The lowest BCUT2D eigenvalue weighted by atomic mass is 9.93. The van der Waals surface area contributed by atoms with Crippen LogP contribution < -0.4 is 11.1 Å². The van der Waals surface area contributed by atoms with Gasteiger partial charge in [-0.2, -0.15) is 0 Å². The summed E-state index contributed by atoms with van der Waals surface area (Å²) in [5.74, 6) is -0.0556. The van der Waals surface area contributed by atoms with E-state index in [9.17, 15) is 9.59 Å². The summed E-state index contributed by atoms with van der Waals surface area (Å²) in [5.41, 5.74) is 10.8. The Balaban J connectivity index is 0.000000633. The number of aromatic amines is 1. The molecule has 3 amide bonds. The number of imide groups is 1. The summed E-state index contributed by atoms with van der Waals surface area (Å²) in [6.07, 6.45) is 3.89. The Morgan fingerprint density at radius 3 is 2.37 bits per heavy atom. The number of hydrogen-bond acceptors (Lipinski definition) is 4. The van der Waals surface area contributed by atoms with Gasteiger partial charge in [0.1, 0.15) is 0 Å². The van der Waals surface area contributed by atoms with Crippen molar-refractivity contribution >= 4 is 85.8 Å². The number of benzene rings is 3. The molecule has 9 heteroatoms. The number of carbonyl (C=O) groups is 3. The summed E-state index contributed by atoms with van der Waals surface area (Å²) in [4.78, 5) is 41.0. The van der Waals surface area contributed by atoms with Crippen LogP contribution in [-0.2, 0) is 17.8 Å². The second-order valence-electron chi connectivity index (χ2n) is 10.3. The van der Waals surface area contributed by atoms with Crippen molar-refractivity contribution in [3.8, 4) is 0 Å². The topological polar surface area (TPSA) is 113 Å². The zero-order valence-electron chi connectivity index (χ0n) is 20.8. The summed E-state index contributed by atoms with van der Waals surface area (Å²) in [6, 6.07) is 14.5. The summed E-state index contributed by atoms with van der Waals surface area (Å²) >= 11 is 0. The summed E-state index contributed by atoms with van der Waals surface area (Å²) < 4.78 is 2.44. The first-order valence-corrected chi connectivity index (χ1v) is 12.8. The van der Waals surface area contributed by atoms with E-state index in [2.05, 4.69) is 43.7 Å². The number of nitrogens with zero attached hydrogens (tertiary/aromatic N) is 2. The van der Waals surface area contributed by atoms with Gasteiger partial charge in [0.25, 0.3) is 11.8 Å². The third-order valence-corrected chi connectivity index (χ3v) is 8.20. The normalized spacial score (nSPS) is 18.5. The van der Waals surface area contributed by atoms with Crippen molar-refractivity contribution in [1.82, 2.24) is 19.8 Å². The number of likely N-dealkylation sites (tertiary alicyclic amines) is 1. The summed E-state index contributed by atoms with van der Waals surface area (Å²) in [7, 11) is 0. The number of para-hydroxylation sites is 2. The van der Waals surface area contributed by atoms with Gasteiger partial charge in [-0.1, -0.05) is 36.4 Å². The van der Waals surface area contributed by atoms with Crippen molar-refractivity contribution < 1.29 is 14.4 Å². The number of nitrogens with one attached hydrogen (secondary N) is 2. The predicted octanol–water partition coefficient (Wildman–Crippen LogP) is 4.30. The molecule has 4 N–H and O–H groups in total. The Hall–Kier alpha value is -3.44. The van der Waals surface area contributed by atoms with Gasteiger partial charge in [0.05, 0.1) is 27.7 Å². The maximum atomic E-state index is 13.2. The highest BCUT2D eigenvalue weighted by Crippen LogP contribution is 2.45. The predicted molar refractivity (Wildman–Crippen MR) is 159 cm³/mol. The average molecular weight is 621 g/mol. The largest absolute Gasteiger partial charge is 0.372 e. The molecule has 1 saturated heterocycles. The first-order chi connectivity index (χ1) is 18.1. The SMILES string of the molecule is I.NC=O.O=C1NC(=O)c2c1c1c3ccccc3[nH]c1c1c2c2cccc3c2n1CC(CN1CCCC1)C3. The van der Waals surface area contributed by atoms with Crippen LogP contribution in [0, 0.1) is 5.92 Å². The first-order valence-electron chi connectivity index (χ1n) is 12.8. The molecule has 1 atom stereocenters. The number of rotatable bonds is 2. The van der Waals surface area contributed by atoms with Gasteiger partial charge in [0.15, 0.2) is 0 Å². The van der Waals surface area contributed by atoms with Gasteiger partial charge in [-0.3, -0.25) is 19.7 Å². The molecule has 5 aromatic rings. The third kappa shape index (κ3) is 3.48.